The standard InChI is InChI=1S/C14H21N5O3S/c1-11-16-13(10-17(11)2)14-15-4-5-18(14)8-12-9-19(6-7-22-12)23(3,20)21/h4-5,10,12H,6-9H2,1-3H3. The number of sulfonamides is 1. The molecule has 1 atom stereocenters. The molecule has 0 bridgehead atoms. The van der Waals surface area contributed by atoms with Crippen LogP contribution in [0.2, 0.25) is 0 Å². The number of hydrogen-bond donors (Lipinski definition) is 0. The smallest absolute Gasteiger partial charge is 0.211 e. The zero-order chi connectivity index (χ0) is 16.6. The van der Waals surface area contributed by atoms with Gasteiger partial charge in [0.2, 0.25) is 10.0 Å². The van der Waals surface area contributed by atoms with E-state index in [0.29, 0.717) is 26.2 Å². The van der Waals surface area contributed by atoms with Gasteiger partial charge >= 0.3 is 0 Å². The monoisotopic (exact) mass is 339 g/mol. The summed E-state index contributed by atoms with van der Waals surface area (Å²) in [6.45, 7) is 3.65. The lowest BCUT2D eigenvalue weighted by atomic mass is 10.3. The lowest BCUT2D eigenvalue weighted by Crippen LogP contribution is -2.46. The van der Waals surface area contributed by atoms with Crippen LogP contribution in [0.5, 0.6) is 0 Å². The Labute approximate surface area is 135 Å². The molecule has 126 valence electrons. The molecule has 0 N–H and O–H groups in total. The summed E-state index contributed by atoms with van der Waals surface area (Å²) >= 11 is 0. The number of nitrogens with zero attached hydrogens (tertiary/aromatic N) is 5. The quantitative estimate of drug-likeness (QED) is 0.798. The molecule has 1 aliphatic rings. The molecular formula is C14H21N5O3S. The van der Waals surface area contributed by atoms with E-state index >= 15 is 0 Å². The zero-order valence-corrected chi connectivity index (χ0v) is 14.3. The van der Waals surface area contributed by atoms with Crippen molar-refractivity contribution in [1.29, 1.82) is 0 Å². The maximum atomic E-state index is 11.7. The summed E-state index contributed by atoms with van der Waals surface area (Å²) in [7, 11) is -1.25. The van der Waals surface area contributed by atoms with Crippen LogP contribution in [-0.2, 0) is 28.4 Å². The molecule has 1 saturated heterocycles. The predicted octanol–water partition coefficient (Wildman–Crippen LogP) is 0.252. The molecule has 0 aromatic carbocycles. The van der Waals surface area contributed by atoms with Gasteiger partial charge in [-0.25, -0.2) is 18.4 Å². The summed E-state index contributed by atoms with van der Waals surface area (Å²) in [5.41, 5.74) is 0.797. The summed E-state index contributed by atoms with van der Waals surface area (Å²) in [4.78, 5) is 8.87. The Balaban J connectivity index is 1.78. The Kier molecular flexibility index (Phi) is 4.26. The second kappa shape index (κ2) is 6.06. The number of morpholine rings is 1. The van der Waals surface area contributed by atoms with E-state index in [-0.39, 0.29) is 6.10 Å². The third-order valence-corrected chi connectivity index (χ3v) is 5.29. The number of hydrogen-bond acceptors (Lipinski definition) is 5. The van der Waals surface area contributed by atoms with Gasteiger partial charge in [0.25, 0.3) is 0 Å². The fourth-order valence-electron chi connectivity index (χ4n) is 2.68. The highest BCUT2D eigenvalue weighted by atomic mass is 32.2. The van der Waals surface area contributed by atoms with Gasteiger partial charge in [-0.3, -0.25) is 0 Å². The molecule has 8 nitrogen and oxygen atoms in total. The summed E-state index contributed by atoms with van der Waals surface area (Å²) in [5, 5.41) is 0. The van der Waals surface area contributed by atoms with Crippen LogP contribution in [0.4, 0.5) is 0 Å². The van der Waals surface area contributed by atoms with Gasteiger partial charge in [0, 0.05) is 38.7 Å². The van der Waals surface area contributed by atoms with Crippen molar-refractivity contribution in [2.75, 3.05) is 26.0 Å². The van der Waals surface area contributed by atoms with Gasteiger partial charge in [-0.15, -0.1) is 0 Å². The summed E-state index contributed by atoms with van der Waals surface area (Å²) < 4.78 is 34.5. The molecule has 2 aromatic heterocycles. The maximum Gasteiger partial charge on any atom is 0.211 e. The second-order valence-electron chi connectivity index (χ2n) is 5.80. The summed E-state index contributed by atoms with van der Waals surface area (Å²) in [6.07, 6.45) is 6.54. The van der Waals surface area contributed by atoms with E-state index in [1.165, 1.54) is 10.6 Å². The van der Waals surface area contributed by atoms with Gasteiger partial charge in [-0.2, -0.15) is 4.31 Å². The Hall–Kier alpha value is -1.71. The highest BCUT2D eigenvalue weighted by Gasteiger charge is 2.27. The molecule has 0 amide bonds. The maximum absolute atomic E-state index is 11.7. The Morgan fingerprint density at radius 2 is 2.22 bits per heavy atom. The molecule has 0 radical (unpaired) electrons. The first-order chi connectivity index (χ1) is 10.8. The highest BCUT2D eigenvalue weighted by molar-refractivity contribution is 7.88. The molecule has 0 saturated carbocycles. The van der Waals surface area contributed by atoms with Gasteiger partial charge in [0.1, 0.15) is 11.5 Å². The molecular weight excluding hydrogens is 318 g/mol. The first-order valence-electron chi connectivity index (χ1n) is 7.43. The molecule has 1 aliphatic heterocycles. The SMILES string of the molecule is Cc1nc(-c2nccn2CC2CN(S(C)(=O)=O)CCO2)cn1C. The van der Waals surface area contributed by atoms with Crippen LogP contribution < -0.4 is 0 Å². The molecule has 23 heavy (non-hydrogen) atoms. The molecule has 3 rings (SSSR count). The van der Waals surface area contributed by atoms with E-state index in [4.69, 9.17) is 4.74 Å². The van der Waals surface area contributed by atoms with Crippen molar-refractivity contribution in [2.24, 2.45) is 7.05 Å². The Morgan fingerprint density at radius 3 is 2.87 bits per heavy atom. The van der Waals surface area contributed by atoms with Crippen molar-refractivity contribution in [2.45, 2.75) is 19.6 Å². The van der Waals surface area contributed by atoms with E-state index in [1.807, 2.05) is 35.5 Å². The lowest BCUT2D eigenvalue weighted by molar-refractivity contribution is -0.00979. The van der Waals surface area contributed by atoms with Crippen LogP contribution in [0.1, 0.15) is 5.82 Å². The number of ether oxygens (including phenoxy) is 1. The normalized spacial score (nSPS) is 20.0. The topological polar surface area (TPSA) is 82.2 Å². The van der Waals surface area contributed by atoms with Gasteiger partial charge in [0.15, 0.2) is 5.82 Å². The minimum absolute atomic E-state index is 0.198. The number of rotatable bonds is 4. The van der Waals surface area contributed by atoms with Crippen molar-refractivity contribution >= 4 is 10.0 Å². The van der Waals surface area contributed by atoms with Gasteiger partial charge in [-0.05, 0) is 6.92 Å². The van der Waals surface area contributed by atoms with E-state index in [9.17, 15) is 8.42 Å². The highest BCUT2D eigenvalue weighted by Crippen LogP contribution is 2.18. The minimum Gasteiger partial charge on any atom is -0.374 e. The molecule has 0 spiro atoms. The van der Waals surface area contributed by atoms with Crippen LogP contribution in [0.3, 0.4) is 0 Å². The number of aryl methyl sites for hydroxylation is 2. The van der Waals surface area contributed by atoms with Crippen LogP contribution in [0, 0.1) is 6.92 Å². The van der Waals surface area contributed by atoms with E-state index in [2.05, 4.69) is 9.97 Å². The first-order valence-corrected chi connectivity index (χ1v) is 9.27. The zero-order valence-electron chi connectivity index (χ0n) is 13.5. The average Bonchev–Trinajstić information content (AvgIpc) is 3.06. The molecule has 2 aromatic rings. The summed E-state index contributed by atoms with van der Waals surface area (Å²) in [5.74, 6) is 1.67. The van der Waals surface area contributed by atoms with Crippen molar-refractivity contribution in [1.82, 2.24) is 23.4 Å². The van der Waals surface area contributed by atoms with Crippen molar-refractivity contribution in [3.63, 3.8) is 0 Å². The lowest BCUT2D eigenvalue weighted by Gasteiger charge is -2.31. The summed E-state index contributed by atoms with van der Waals surface area (Å²) in [6, 6.07) is 0. The van der Waals surface area contributed by atoms with Crippen LogP contribution in [0.15, 0.2) is 18.6 Å². The third-order valence-electron chi connectivity index (χ3n) is 4.02. The van der Waals surface area contributed by atoms with Crippen LogP contribution >= 0.6 is 0 Å². The van der Waals surface area contributed by atoms with E-state index < -0.39 is 10.0 Å². The number of imidazole rings is 2. The van der Waals surface area contributed by atoms with E-state index in [1.54, 1.807) is 6.20 Å². The van der Waals surface area contributed by atoms with Gasteiger partial charge in [-0.1, -0.05) is 0 Å². The van der Waals surface area contributed by atoms with Gasteiger partial charge in [0.05, 0.1) is 25.5 Å². The van der Waals surface area contributed by atoms with E-state index in [0.717, 1.165) is 17.3 Å². The van der Waals surface area contributed by atoms with Crippen molar-refractivity contribution < 1.29 is 13.2 Å². The third kappa shape index (κ3) is 3.46. The molecule has 9 heteroatoms. The van der Waals surface area contributed by atoms with Crippen molar-refractivity contribution in [3.8, 4) is 11.5 Å². The predicted molar refractivity (Wildman–Crippen MR) is 85.3 cm³/mol. The first kappa shape index (κ1) is 16.2. The van der Waals surface area contributed by atoms with Gasteiger partial charge < -0.3 is 13.9 Å². The fraction of sp³-hybridized carbons (Fsp3) is 0.571. The molecule has 1 unspecified atom stereocenters. The van der Waals surface area contributed by atoms with Crippen LogP contribution in [-0.4, -0.2) is 63.9 Å². The Morgan fingerprint density at radius 1 is 1.43 bits per heavy atom. The fourth-order valence-corrected chi connectivity index (χ4v) is 3.52. The second-order valence-corrected chi connectivity index (χ2v) is 7.78. The van der Waals surface area contributed by atoms with Crippen LogP contribution in [0.25, 0.3) is 11.5 Å². The average molecular weight is 339 g/mol. The van der Waals surface area contributed by atoms with Crippen molar-refractivity contribution in [3.05, 3.63) is 24.4 Å². The molecule has 3 heterocycles. The minimum atomic E-state index is -3.19. The number of aromatic nitrogens is 4. The molecule has 0 aliphatic carbocycles. The largest absolute Gasteiger partial charge is 0.374 e. The molecule has 1 fully saturated rings. The Bertz CT molecular complexity index is 776.